The second-order valence-electron chi connectivity index (χ2n) is 5.47. The zero-order valence-electron chi connectivity index (χ0n) is 12.3. The number of nitrogens with zero attached hydrogens (tertiary/aromatic N) is 3. The summed E-state index contributed by atoms with van der Waals surface area (Å²) in [6.45, 7) is 1.66. The van der Waals surface area contributed by atoms with Crippen LogP contribution in [0.1, 0.15) is 28.1 Å². The maximum Gasteiger partial charge on any atom is 0.265 e. The molecule has 6 nitrogen and oxygen atoms in total. The monoisotopic (exact) mass is 308 g/mol. The average Bonchev–Trinajstić information content (AvgIpc) is 2.83. The van der Waals surface area contributed by atoms with Gasteiger partial charge in [-0.2, -0.15) is 5.26 Å². The number of anilines is 2. The Morgan fingerprint density at radius 3 is 2.90 bits per heavy atom. The molecule has 2 heterocycles. The van der Waals surface area contributed by atoms with Crippen molar-refractivity contribution in [1.29, 1.82) is 5.26 Å². The van der Waals surface area contributed by atoms with Crippen LogP contribution in [0.4, 0.5) is 10.7 Å². The molecule has 1 fully saturated rings. The predicted molar refractivity (Wildman–Crippen MR) is 83.5 cm³/mol. The molecule has 1 aromatic rings. The van der Waals surface area contributed by atoms with Crippen LogP contribution in [-0.2, 0) is 0 Å². The Bertz CT molecular complexity index is 576. The number of carbonyl (C=O) groups is 1. The molecule has 0 aliphatic carbocycles. The lowest BCUT2D eigenvalue weighted by molar-refractivity contribution is 0.0833. The van der Waals surface area contributed by atoms with Crippen LogP contribution in [0, 0.1) is 17.2 Å². The van der Waals surface area contributed by atoms with Crippen LogP contribution in [0.25, 0.3) is 0 Å². The van der Waals surface area contributed by atoms with E-state index in [4.69, 9.17) is 5.73 Å². The number of carbonyl (C=O) groups excluding carboxylic acids is 1. The number of amides is 1. The molecule has 0 spiro atoms. The minimum Gasteiger partial charge on any atom is -0.396 e. The molecule has 1 aliphatic heterocycles. The number of aliphatic hydroxyl groups is 1. The molecule has 0 radical (unpaired) electrons. The summed E-state index contributed by atoms with van der Waals surface area (Å²) in [7, 11) is 3.33. The maximum absolute atomic E-state index is 12.1. The van der Waals surface area contributed by atoms with Crippen LogP contribution >= 0.6 is 11.3 Å². The molecule has 1 aromatic heterocycles. The van der Waals surface area contributed by atoms with E-state index in [2.05, 4.69) is 11.0 Å². The molecule has 1 unspecified atom stereocenters. The van der Waals surface area contributed by atoms with Crippen molar-refractivity contribution in [1.82, 2.24) is 4.90 Å². The largest absolute Gasteiger partial charge is 0.396 e. The van der Waals surface area contributed by atoms with E-state index in [0.717, 1.165) is 24.4 Å². The zero-order valence-corrected chi connectivity index (χ0v) is 13.1. The van der Waals surface area contributed by atoms with Gasteiger partial charge in [0.05, 0.1) is 5.69 Å². The van der Waals surface area contributed by atoms with Gasteiger partial charge in [-0.1, -0.05) is 0 Å². The van der Waals surface area contributed by atoms with Crippen molar-refractivity contribution < 1.29 is 9.90 Å². The van der Waals surface area contributed by atoms with E-state index in [9.17, 15) is 15.2 Å². The van der Waals surface area contributed by atoms with Gasteiger partial charge in [0.15, 0.2) is 0 Å². The van der Waals surface area contributed by atoms with E-state index < -0.39 is 0 Å². The van der Waals surface area contributed by atoms with Gasteiger partial charge in [-0.15, -0.1) is 11.3 Å². The van der Waals surface area contributed by atoms with Gasteiger partial charge in [-0.05, 0) is 18.8 Å². The quantitative estimate of drug-likeness (QED) is 0.872. The highest BCUT2D eigenvalue weighted by atomic mass is 32.1. The molecule has 0 saturated carbocycles. The summed E-state index contributed by atoms with van der Waals surface area (Å²) in [5, 5.41) is 19.4. The van der Waals surface area contributed by atoms with Crippen LogP contribution in [0.3, 0.4) is 0 Å². The fourth-order valence-electron chi connectivity index (χ4n) is 2.52. The van der Waals surface area contributed by atoms with E-state index in [1.54, 1.807) is 14.1 Å². The lowest BCUT2D eigenvalue weighted by Gasteiger charge is -2.32. The fourth-order valence-corrected chi connectivity index (χ4v) is 3.75. The van der Waals surface area contributed by atoms with Crippen LogP contribution in [0.5, 0.6) is 0 Å². The van der Waals surface area contributed by atoms with Gasteiger partial charge in [-0.25, -0.2) is 0 Å². The summed E-state index contributed by atoms with van der Waals surface area (Å²) >= 11 is 1.27. The molecular weight excluding hydrogens is 288 g/mol. The van der Waals surface area contributed by atoms with E-state index in [1.165, 1.54) is 16.2 Å². The molecule has 0 bridgehead atoms. The Morgan fingerprint density at radius 1 is 1.62 bits per heavy atom. The van der Waals surface area contributed by atoms with Gasteiger partial charge >= 0.3 is 0 Å². The smallest absolute Gasteiger partial charge is 0.265 e. The van der Waals surface area contributed by atoms with Gasteiger partial charge in [0.25, 0.3) is 5.91 Å². The number of nitrogens with two attached hydrogens (primary N) is 1. The Kier molecular flexibility index (Phi) is 4.70. The number of nitrogen functional groups attached to an aromatic ring is 1. The Labute approximate surface area is 128 Å². The maximum atomic E-state index is 12.1. The summed E-state index contributed by atoms with van der Waals surface area (Å²) in [4.78, 5) is 16.1. The van der Waals surface area contributed by atoms with Crippen LogP contribution < -0.4 is 10.6 Å². The highest BCUT2D eigenvalue weighted by Gasteiger charge is 2.28. The fraction of sp³-hybridized carbons (Fsp3) is 0.571. The third-order valence-electron chi connectivity index (χ3n) is 3.70. The average molecular weight is 308 g/mol. The molecule has 1 atom stereocenters. The number of piperidine rings is 1. The SMILES string of the molecule is CN(C)C(=O)c1sc(N2CCCC(CO)C2)c(C#N)c1N. The Balaban J connectivity index is 2.38. The van der Waals surface area contributed by atoms with Gasteiger partial charge in [0, 0.05) is 33.8 Å². The predicted octanol–water partition coefficient (Wildman–Crippen LogP) is 1.11. The Hall–Kier alpha value is -1.78. The molecular formula is C14H20N4O2S. The highest BCUT2D eigenvalue weighted by Crippen LogP contribution is 2.39. The molecule has 1 saturated heterocycles. The van der Waals surface area contributed by atoms with Gasteiger partial charge in [-0.3, -0.25) is 4.79 Å². The van der Waals surface area contributed by atoms with Crippen molar-refractivity contribution in [3.63, 3.8) is 0 Å². The number of nitriles is 1. The van der Waals surface area contributed by atoms with Crippen LogP contribution in [-0.4, -0.2) is 49.7 Å². The molecule has 1 amide bonds. The van der Waals surface area contributed by atoms with Gasteiger partial charge in [0.2, 0.25) is 0 Å². The molecule has 0 aromatic carbocycles. The van der Waals surface area contributed by atoms with Gasteiger partial charge < -0.3 is 20.6 Å². The minimum absolute atomic E-state index is 0.142. The standard InChI is InChI=1S/C14H20N4O2S/c1-17(2)13(20)12-11(16)10(6-15)14(21-12)18-5-3-4-9(7-18)8-19/h9,19H,3-5,7-8,16H2,1-2H3. The van der Waals surface area contributed by atoms with Crippen molar-refractivity contribution in [2.24, 2.45) is 5.92 Å². The third kappa shape index (κ3) is 2.96. The molecule has 3 N–H and O–H groups in total. The lowest BCUT2D eigenvalue weighted by atomic mass is 9.99. The first-order valence-electron chi connectivity index (χ1n) is 6.89. The summed E-state index contributed by atoms with van der Waals surface area (Å²) in [5.74, 6) is 0.0255. The van der Waals surface area contributed by atoms with Crippen molar-refractivity contribution in [2.45, 2.75) is 12.8 Å². The molecule has 21 heavy (non-hydrogen) atoms. The van der Waals surface area contributed by atoms with E-state index in [1.807, 2.05) is 0 Å². The molecule has 7 heteroatoms. The minimum atomic E-state index is -0.184. The second-order valence-corrected chi connectivity index (χ2v) is 6.47. The van der Waals surface area contributed by atoms with Gasteiger partial charge in [0.1, 0.15) is 21.5 Å². The van der Waals surface area contributed by atoms with Crippen molar-refractivity contribution >= 4 is 27.9 Å². The summed E-state index contributed by atoms with van der Waals surface area (Å²) in [6, 6.07) is 2.12. The first-order chi connectivity index (χ1) is 9.99. The van der Waals surface area contributed by atoms with Crippen molar-refractivity contribution in [3.05, 3.63) is 10.4 Å². The number of hydrogen-bond donors (Lipinski definition) is 2. The normalized spacial score (nSPS) is 18.4. The number of aliphatic hydroxyl groups excluding tert-OH is 1. The summed E-state index contributed by atoms with van der Waals surface area (Å²) in [6.07, 6.45) is 1.95. The first-order valence-corrected chi connectivity index (χ1v) is 7.71. The van der Waals surface area contributed by atoms with Crippen molar-refractivity contribution in [3.8, 4) is 6.07 Å². The van der Waals surface area contributed by atoms with Crippen LogP contribution in [0.2, 0.25) is 0 Å². The number of hydrogen-bond acceptors (Lipinski definition) is 6. The van der Waals surface area contributed by atoms with E-state index >= 15 is 0 Å². The topological polar surface area (TPSA) is 93.6 Å². The number of rotatable bonds is 3. The van der Waals surface area contributed by atoms with E-state index in [-0.39, 0.29) is 24.1 Å². The lowest BCUT2D eigenvalue weighted by Crippen LogP contribution is -2.36. The van der Waals surface area contributed by atoms with Crippen molar-refractivity contribution in [2.75, 3.05) is 44.4 Å². The molecule has 1 aliphatic rings. The zero-order chi connectivity index (χ0) is 15.6. The summed E-state index contributed by atoms with van der Waals surface area (Å²) < 4.78 is 0. The Morgan fingerprint density at radius 2 is 2.33 bits per heavy atom. The van der Waals surface area contributed by atoms with Crippen LogP contribution in [0.15, 0.2) is 0 Å². The molecule has 114 valence electrons. The number of thiophene rings is 1. The summed E-state index contributed by atoms with van der Waals surface area (Å²) in [5.41, 5.74) is 6.64. The second kappa shape index (κ2) is 6.33. The molecule has 2 rings (SSSR count). The third-order valence-corrected chi connectivity index (χ3v) is 4.96. The first kappa shape index (κ1) is 15.6. The highest BCUT2D eigenvalue weighted by molar-refractivity contribution is 7.19. The van der Waals surface area contributed by atoms with E-state index in [0.29, 0.717) is 17.0 Å².